The molecule has 1 fully saturated rings. The van der Waals surface area contributed by atoms with E-state index in [2.05, 4.69) is 20.6 Å². The Labute approximate surface area is 136 Å². The molecule has 5 nitrogen and oxygen atoms in total. The molecule has 2 N–H and O–H groups in total. The van der Waals surface area contributed by atoms with E-state index in [0.29, 0.717) is 18.3 Å². The molecular formula is C18H22N4O. The largest absolute Gasteiger partial charge is 0.381 e. The zero-order valence-electron chi connectivity index (χ0n) is 13.2. The summed E-state index contributed by atoms with van der Waals surface area (Å²) in [6.45, 7) is 0.477. The first-order chi connectivity index (χ1) is 11.3. The van der Waals surface area contributed by atoms with E-state index in [9.17, 15) is 4.79 Å². The zero-order valence-corrected chi connectivity index (χ0v) is 13.2. The summed E-state index contributed by atoms with van der Waals surface area (Å²) in [6, 6.07) is 8.00. The molecule has 1 aliphatic carbocycles. The van der Waals surface area contributed by atoms with Crippen molar-refractivity contribution in [3.8, 4) is 0 Å². The molecule has 23 heavy (non-hydrogen) atoms. The highest BCUT2D eigenvalue weighted by molar-refractivity contribution is 5.92. The molecule has 0 aromatic carbocycles. The lowest BCUT2D eigenvalue weighted by molar-refractivity contribution is 0.0946. The Balaban J connectivity index is 1.52. The van der Waals surface area contributed by atoms with Gasteiger partial charge in [-0.1, -0.05) is 19.3 Å². The average molecular weight is 310 g/mol. The first-order valence-electron chi connectivity index (χ1n) is 8.21. The second kappa shape index (κ2) is 7.72. The molecule has 0 unspecified atom stereocenters. The minimum Gasteiger partial charge on any atom is -0.381 e. The lowest BCUT2D eigenvalue weighted by Gasteiger charge is -2.23. The van der Waals surface area contributed by atoms with Crippen LogP contribution in [0.4, 0.5) is 5.69 Å². The fourth-order valence-electron chi connectivity index (χ4n) is 2.87. The van der Waals surface area contributed by atoms with Crippen LogP contribution in [0.5, 0.6) is 0 Å². The van der Waals surface area contributed by atoms with Gasteiger partial charge in [-0.3, -0.25) is 9.78 Å². The molecule has 0 aliphatic heterocycles. The van der Waals surface area contributed by atoms with Crippen molar-refractivity contribution < 1.29 is 4.79 Å². The van der Waals surface area contributed by atoms with E-state index in [4.69, 9.17) is 0 Å². The highest BCUT2D eigenvalue weighted by Crippen LogP contribution is 2.21. The molecule has 0 spiro atoms. The summed E-state index contributed by atoms with van der Waals surface area (Å²) in [5, 5.41) is 6.37. The molecule has 0 bridgehead atoms. The molecule has 0 saturated heterocycles. The van der Waals surface area contributed by atoms with Crippen LogP contribution in [-0.2, 0) is 6.54 Å². The first-order valence-corrected chi connectivity index (χ1v) is 8.21. The fourth-order valence-corrected chi connectivity index (χ4v) is 2.87. The van der Waals surface area contributed by atoms with Gasteiger partial charge in [0.1, 0.15) is 5.69 Å². The van der Waals surface area contributed by atoms with Crippen LogP contribution in [0.25, 0.3) is 0 Å². The number of amides is 1. The third-order valence-electron chi connectivity index (χ3n) is 4.17. The number of rotatable bonds is 5. The topological polar surface area (TPSA) is 66.9 Å². The SMILES string of the molecule is O=C(NCc1ccncc1)c1ccc(NC2CCCCC2)cn1. The van der Waals surface area contributed by atoms with Gasteiger partial charge in [-0.05, 0) is 42.7 Å². The molecule has 0 atom stereocenters. The Morgan fingerprint density at radius 1 is 1.09 bits per heavy atom. The van der Waals surface area contributed by atoms with Crippen molar-refractivity contribution in [2.75, 3.05) is 5.32 Å². The molecule has 0 radical (unpaired) electrons. The first kappa shape index (κ1) is 15.5. The van der Waals surface area contributed by atoms with Gasteiger partial charge >= 0.3 is 0 Å². The second-order valence-electron chi connectivity index (χ2n) is 5.95. The van der Waals surface area contributed by atoms with Crippen molar-refractivity contribution in [1.82, 2.24) is 15.3 Å². The van der Waals surface area contributed by atoms with Gasteiger partial charge in [0.15, 0.2) is 0 Å². The van der Waals surface area contributed by atoms with Crippen molar-refractivity contribution in [3.05, 3.63) is 54.1 Å². The van der Waals surface area contributed by atoms with Crippen molar-refractivity contribution in [2.24, 2.45) is 0 Å². The quantitative estimate of drug-likeness (QED) is 0.890. The zero-order chi connectivity index (χ0) is 15.9. The van der Waals surface area contributed by atoms with Gasteiger partial charge in [0.05, 0.1) is 11.9 Å². The average Bonchev–Trinajstić information content (AvgIpc) is 2.62. The summed E-state index contributed by atoms with van der Waals surface area (Å²) in [6.07, 6.45) is 11.5. The maximum Gasteiger partial charge on any atom is 0.270 e. The fraction of sp³-hybridized carbons (Fsp3) is 0.389. The number of carbonyl (C=O) groups is 1. The van der Waals surface area contributed by atoms with Gasteiger partial charge in [-0.2, -0.15) is 0 Å². The van der Waals surface area contributed by atoms with E-state index < -0.39 is 0 Å². The number of hydrogen-bond acceptors (Lipinski definition) is 4. The Hall–Kier alpha value is -2.43. The van der Waals surface area contributed by atoms with Crippen LogP contribution in [-0.4, -0.2) is 21.9 Å². The monoisotopic (exact) mass is 310 g/mol. The van der Waals surface area contributed by atoms with Crippen molar-refractivity contribution >= 4 is 11.6 Å². The van der Waals surface area contributed by atoms with E-state index in [-0.39, 0.29) is 5.91 Å². The summed E-state index contributed by atoms with van der Waals surface area (Å²) >= 11 is 0. The van der Waals surface area contributed by atoms with Crippen LogP contribution in [0.15, 0.2) is 42.9 Å². The predicted molar refractivity (Wildman–Crippen MR) is 90.1 cm³/mol. The number of anilines is 1. The van der Waals surface area contributed by atoms with Gasteiger partial charge in [-0.15, -0.1) is 0 Å². The third-order valence-corrected chi connectivity index (χ3v) is 4.17. The van der Waals surface area contributed by atoms with E-state index in [1.54, 1.807) is 24.7 Å². The summed E-state index contributed by atoms with van der Waals surface area (Å²) in [5.41, 5.74) is 2.44. The van der Waals surface area contributed by atoms with E-state index in [0.717, 1.165) is 11.3 Å². The number of pyridine rings is 2. The number of aromatic nitrogens is 2. The number of carbonyl (C=O) groups excluding carboxylic acids is 1. The van der Waals surface area contributed by atoms with Gasteiger partial charge < -0.3 is 10.6 Å². The predicted octanol–water partition coefficient (Wildman–Crippen LogP) is 3.15. The van der Waals surface area contributed by atoms with Crippen LogP contribution in [0.1, 0.15) is 48.2 Å². The molecule has 2 heterocycles. The Morgan fingerprint density at radius 3 is 2.57 bits per heavy atom. The standard InChI is InChI=1S/C18H22N4O/c23-18(21-12-14-8-10-19-11-9-14)17-7-6-16(13-20-17)22-15-4-2-1-3-5-15/h6-11,13,15,22H,1-5,12H2,(H,21,23). The van der Waals surface area contributed by atoms with Gasteiger partial charge in [0.25, 0.3) is 5.91 Å². The molecule has 5 heteroatoms. The van der Waals surface area contributed by atoms with E-state index >= 15 is 0 Å². The molecule has 1 saturated carbocycles. The summed E-state index contributed by atoms with van der Waals surface area (Å²) in [5.74, 6) is -0.161. The van der Waals surface area contributed by atoms with Crippen LogP contribution in [0.3, 0.4) is 0 Å². The normalized spacial score (nSPS) is 15.1. The Kier molecular flexibility index (Phi) is 5.19. The summed E-state index contributed by atoms with van der Waals surface area (Å²) < 4.78 is 0. The molecule has 1 amide bonds. The van der Waals surface area contributed by atoms with Gasteiger partial charge in [0, 0.05) is 25.0 Å². The van der Waals surface area contributed by atoms with Crippen molar-refractivity contribution in [1.29, 1.82) is 0 Å². The van der Waals surface area contributed by atoms with Crippen LogP contribution in [0.2, 0.25) is 0 Å². The molecule has 2 aromatic heterocycles. The van der Waals surface area contributed by atoms with Gasteiger partial charge in [-0.25, -0.2) is 4.98 Å². The minimum absolute atomic E-state index is 0.161. The number of nitrogens with one attached hydrogen (secondary N) is 2. The molecule has 1 aliphatic rings. The molecular weight excluding hydrogens is 288 g/mol. The van der Waals surface area contributed by atoms with Crippen molar-refractivity contribution in [2.45, 2.75) is 44.7 Å². The lowest BCUT2D eigenvalue weighted by atomic mass is 9.95. The van der Waals surface area contributed by atoms with Crippen LogP contribution < -0.4 is 10.6 Å². The highest BCUT2D eigenvalue weighted by Gasteiger charge is 2.13. The molecule has 3 rings (SSSR count). The lowest BCUT2D eigenvalue weighted by Crippen LogP contribution is -2.24. The maximum atomic E-state index is 12.1. The van der Waals surface area contributed by atoms with Crippen molar-refractivity contribution in [3.63, 3.8) is 0 Å². The number of nitrogens with zero attached hydrogens (tertiary/aromatic N) is 2. The minimum atomic E-state index is -0.161. The third kappa shape index (κ3) is 4.52. The Morgan fingerprint density at radius 2 is 1.87 bits per heavy atom. The van der Waals surface area contributed by atoms with E-state index in [1.165, 1.54) is 32.1 Å². The van der Waals surface area contributed by atoms with Gasteiger partial charge in [0.2, 0.25) is 0 Å². The van der Waals surface area contributed by atoms with Crippen LogP contribution >= 0.6 is 0 Å². The summed E-state index contributed by atoms with van der Waals surface area (Å²) in [4.78, 5) is 20.3. The second-order valence-corrected chi connectivity index (χ2v) is 5.95. The maximum absolute atomic E-state index is 12.1. The Bertz CT molecular complexity index is 621. The smallest absolute Gasteiger partial charge is 0.270 e. The highest BCUT2D eigenvalue weighted by atomic mass is 16.1. The molecule has 2 aromatic rings. The summed E-state index contributed by atoms with van der Waals surface area (Å²) in [7, 11) is 0. The number of hydrogen-bond donors (Lipinski definition) is 2. The van der Waals surface area contributed by atoms with Crippen LogP contribution in [0, 0.1) is 0 Å². The van der Waals surface area contributed by atoms with E-state index in [1.807, 2.05) is 18.2 Å². The molecule has 120 valence electrons.